The van der Waals surface area contributed by atoms with E-state index in [1.807, 2.05) is 18.2 Å². The van der Waals surface area contributed by atoms with Gasteiger partial charge in [-0.3, -0.25) is 0 Å². The van der Waals surface area contributed by atoms with Crippen LogP contribution in [0.4, 0.5) is 0 Å². The highest BCUT2D eigenvalue weighted by molar-refractivity contribution is 9.10. The molecule has 1 aliphatic carbocycles. The van der Waals surface area contributed by atoms with Crippen molar-refractivity contribution in [3.63, 3.8) is 0 Å². The minimum Gasteiger partial charge on any atom is -0.488 e. The number of ether oxygens (including phenoxy) is 1. The van der Waals surface area contributed by atoms with Gasteiger partial charge in [0, 0.05) is 22.6 Å². The van der Waals surface area contributed by atoms with Gasteiger partial charge in [0.1, 0.15) is 12.4 Å². The van der Waals surface area contributed by atoms with Crippen molar-refractivity contribution in [2.45, 2.75) is 45.4 Å². The SMILES string of the molecule is Cc1cc(Br)cc(CNC2CCC2)c1OCc1ccccc1. The summed E-state index contributed by atoms with van der Waals surface area (Å²) in [7, 11) is 0. The fraction of sp³-hybridized carbons (Fsp3) is 0.368. The van der Waals surface area contributed by atoms with Crippen LogP contribution in [-0.2, 0) is 13.2 Å². The first-order valence-corrected chi connectivity index (χ1v) is 8.71. The van der Waals surface area contributed by atoms with Crippen molar-refractivity contribution >= 4 is 15.9 Å². The lowest BCUT2D eigenvalue weighted by Crippen LogP contribution is -2.34. The molecule has 0 saturated heterocycles. The van der Waals surface area contributed by atoms with E-state index in [4.69, 9.17) is 4.74 Å². The lowest BCUT2D eigenvalue weighted by Gasteiger charge is -2.27. The quantitative estimate of drug-likeness (QED) is 0.785. The third kappa shape index (κ3) is 3.90. The highest BCUT2D eigenvalue weighted by Gasteiger charge is 2.17. The van der Waals surface area contributed by atoms with E-state index in [0.29, 0.717) is 12.6 Å². The molecule has 0 unspecified atom stereocenters. The molecule has 0 heterocycles. The van der Waals surface area contributed by atoms with Gasteiger partial charge >= 0.3 is 0 Å². The predicted molar refractivity (Wildman–Crippen MR) is 94.1 cm³/mol. The molecule has 1 saturated carbocycles. The molecule has 116 valence electrons. The second-order valence-corrected chi connectivity index (χ2v) is 6.91. The minimum absolute atomic E-state index is 0.611. The molecule has 1 N–H and O–H groups in total. The van der Waals surface area contributed by atoms with Crippen molar-refractivity contribution < 1.29 is 4.74 Å². The smallest absolute Gasteiger partial charge is 0.127 e. The number of halogens is 1. The molecular formula is C19H22BrNO. The van der Waals surface area contributed by atoms with E-state index in [9.17, 15) is 0 Å². The fourth-order valence-corrected chi connectivity index (χ4v) is 3.35. The molecule has 0 bridgehead atoms. The van der Waals surface area contributed by atoms with E-state index >= 15 is 0 Å². The molecule has 0 aromatic heterocycles. The van der Waals surface area contributed by atoms with Crippen LogP contribution in [0.3, 0.4) is 0 Å². The lowest BCUT2D eigenvalue weighted by molar-refractivity contribution is 0.295. The topological polar surface area (TPSA) is 21.3 Å². The minimum atomic E-state index is 0.611. The Kier molecular flexibility index (Phi) is 5.16. The van der Waals surface area contributed by atoms with Gasteiger partial charge in [0.2, 0.25) is 0 Å². The summed E-state index contributed by atoms with van der Waals surface area (Å²) in [5.74, 6) is 1.01. The molecule has 0 spiro atoms. The Hall–Kier alpha value is -1.32. The molecule has 3 heteroatoms. The molecule has 0 amide bonds. The van der Waals surface area contributed by atoms with Crippen molar-refractivity contribution in [3.8, 4) is 5.75 Å². The average Bonchev–Trinajstić information content (AvgIpc) is 2.45. The van der Waals surface area contributed by atoms with E-state index in [1.54, 1.807) is 0 Å². The monoisotopic (exact) mass is 359 g/mol. The number of benzene rings is 2. The van der Waals surface area contributed by atoms with Gasteiger partial charge in [-0.2, -0.15) is 0 Å². The van der Waals surface area contributed by atoms with Crippen molar-refractivity contribution in [3.05, 3.63) is 63.6 Å². The van der Waals surface area contributed by atoms with Gasteiger partial charge in [-0.1, -0.05) is 52.7 Å². The number of hydrogen-bond acceptors (Lipinski definition) is 2. The molecule has 1 fully saturated rings. The Labute approximate surface area is 141 Å². The highest BCUT2D eigenvalue weighted by Crippen LogP contribution is 2.29. The molecule has 0 radical (unpaired) electrons. The van der Waals surface area contributed by atoms with Crippen molar-refractivity contribution in [2.75, 3.05) is 0 Å². The summed E-state index contributed by atoms with van der Waals surface area (Å²) in [4.78, 5) is 0. The van der Waals surface area contributed by atoms with E-state index in [2.05, 4.69) is 52.4 Å². The van der Waals surface area contributed by atoms with Crippen LogP contribution in [-0.4, -0.2) is 6.04 Å². The van der Waals surface area contributed by atoms with Gasteiger partial charge < -0.3 is 10.1 Å². The maximum absolute atomic E-state index is 6.13. The highest BCUT2D eigenvalue weighted by atomic mass is 79.9. The summed E-state index contributed by atoms with van der Waals surface area (Å²) in [6.07, 6.45) is 3.95. The number of nitrogens with one attached hydrogen (secondary N) is 1. The maximum atomic E-state index is 6.13. The zero-order valence-electron chi connectivity index (χ0n) is 12.9. The summed E-state index contributed by atoms with van der Waals surface area (Å²) >= 11 is 3.60. The molecule has 1 aliphatic rings. The van der Waals surface area contributed by atoms with Crippen LogP contribution in [0.25, 0.3) is 0 Å². The van der Waals surface area contributed by atoms with Crippen molar-refractivity contribution in [2.24, 2.45) is 0 Å². The first-order chi connectivity index (χ1) is 10.7. The third-order valence-corrected chi connectivity index (χ3v) is 4.69. The summed E-state index contributed by atoms with van der Waals surface area (Å²) in [6.45, 7) is 3.59. The van der Waals surface area contributed by atoms with E-state index < -0.39 is 0 Å². The zero-order chi connectivity index (χ0) is 15.4. The third-order valence-electron chi connectivity index (χ3n) is 4.23. The van der Waals surface area contributed by atoms with Crippen molar-refractivity contribution in [1.29, 1.82) is 0 Å². The Morgan fingerprint density at radius 3 is 2.64 bits per heavy atom. The Morgan fingerprint density at radius 1 is 1.18 bits per heavy atom. The molecule has 3 rings (SSSR count). The summed E-state index contributed by atoms with van der Waals surface area (Å²) in [5.41, 5.74) is 3.60. The van der Waals surface area contributed by atoms with Crippen LogP contribution in [0.1, 0.15) is 36.0 Å². The standard InChI is InChI=1S/C19H22BrNO/c1-14-10-17(20)11-16(12-21-18-8-5-9-18)19(14)22-13-15-6-3-2-4-7-15/h2-4,6-7,10-11,18,21H,5,8-9,12-13H2,1H3. The zero-order valence-corrected chi connectivity index (χ0v) is 14.5. The van der Waals surface area contributed by atoms with E-state index in [0.717, 1.165) is 16.8 Å². The molecule has 2 aromatic carbocycles. The Bertz CT molecular complexity index is 623. The van der Waals surface area contributed by atoms with E-state index in [1.165, 1.54) is 36.0 Å². The van der Waals surface area contributed by atoms with Gasteiger partial charge in [0.25, 0.3) is 0 Å². The van der Waals surface area contributed by atoms with Gasteiger partial charge in [0.15, 0.2) is 0 Å². The number of rotatable bonds is 6. The first kappa shape index (κ1) is 15.6. The van der Waals surface area contributed by atoms with Crippen LogP contribution in [0.5, 0.6) is 5.75 Å². The van der Waals surface area contributed by atoms with Gasteiger partial charge in [-0.25, -0.2) is 0 Å². The summed E-state index contributed by atoms with van der Waals surface area (Å²) < 4.78 is 7.25. The van der Waals surface area contributed by atoms with Crippen LogP contribution in [0, 0.1) is 6.92 Å². The Balaban J connectivity index is 1.72. The van der Waals surface area contributed by atoms with Gasteiger partial charge in [-0.15, -0.1) is 0 Å². The number of aryl methyl sites for hydroxylation is 1. The Morgan fingerprint density at radius 2 is 1.95 bits per heavy atom. The first-order valence-electron chi connectivity index (χ1n) is 7.91. The number of hydrogen-bond donors (Lipinski definition) is 1. The molecule has 0 atom stereocenters. The lowest BCUT2D eigenvalue weighted by atomic mass is 9.93. The summed E-state index contributed by atoms with van der Waals surface area (Å²) in [5, 5.41) is 3.63. The van der Waals surface area contributed by atoms with Crippen LogP contribution < -0.4 is 10.1 Å². The normalized spacial score (nSPS) is 14.6. The van der Waals surface area contributed by atoms with Gasteiger partial charge in [-0.05, 0) is 43.0 Å². The van der Waals surface area contributed by atoms with Crippen LogP contribution in [0.2, 0.25) is 0 Å². The average molecular weight is 360 g/mol. The van der Waals surface area contributed by atoms with Gasteiger partial charge in [0.05, 0.1) is 0 Å². The largest absolute Gasteiger partial charge is 0.488 e. The van der Waals surface area contributed by atoms with Crippen LogP contribution >= 0.6 is 15.9 Å². The van der Waals surface area contributed by atoms with E-state index in [-0.39, 0.29) is 0 Å². The second kappa shape index (κ2) is 7.30. The fourth-order valence-electron chi connectivity index (χ4n) is 2.73. The second-order valence-electron chi connectivity index (χ2n) is 5.99. The molecule has 22 heavy (non-hydrogen) atoms. The summed E-state index contributed by atoms with van der Waals surface area (Å²) in [6, 6.07) is 15.3. The van der Waals surface area contributed by atoms with Crippen molar-refractivity contribution in [1.82, 2.24) is 5.32 Å². The molecular weight excluding hydrogens is 338 g/mol. The predicted octanol–water partition coefficient (Wildman–Crippen LogP) is 4.98. The molecule has 2 aromatic rings. The molecule has 2 nitrogen and oxygen atoms in total. The maximum Gasteiger partial charge on any atom is 0.127 e. The molecule has 0 aliphatic heterocycles. The van der Waals surface area contributed by atoms with Crippen LogP contribution in [0.15, 0.2) is 46.9 Å².